The quantitative estimate of drug-likeness (QED) is 0.800. The molecule has 0 fully saturated rings. The van der Waals surface area contributed by atoms with E-state index in [1.54, 1.807) is 6.92 Å². The minimum Gasteiger partial charge on any atom is -0.390 e. The van der Waals surface area contributed by atoms with Crippen LogP contribution in [-0.4, -0.2) is 32.6 Å². The summed E-state index contributed by atoms with van der Waals surface area (Å²) in [4.78, 5) is 0. The molecule has 1 aromatic rings. The van der Waals surface area contributed by atoms with Crippen LogP contribution in [0.3, 0.4) is 0 Å². The van der Waals surface area contributed by atoms with Crippen LogP contribution in [0.15, 0.2) is 0 Å². The van der Waals surface area contributed by atoms with Crippen LogP contribution in [0, 0.1) is 11.3 Å². The molecule has 1 heterocycles. The second-order valence-corrected chi connectivity index (χ2v) is 3.34. The number of aliphatic hydroxyl groups is 1. The van der Waals surface area contributed by atoms with Crippen molar-refractivity contribution < 1.29 is 13.9 Å². The number of hydrogen-bond donors (Lipinski definition) is 1. The molecule has 0 saturated carbocycles. The number of nitriles is 1. The molecule has 0 amide bonds. The van der Waals surface area contributed by atoms with Crippen LogP contribution in [0.25, 0.3) is 0 Å². The van der Waals surface area contributed by atoms with Crippen LogP contribution < -0.4 is 0 Å². The zero-order valence-corrected chi connectivity index (χ0v) is 8.82. The highest BCUT2D eigenvalue weighted by molar-refractivity contribution is 5.14. The summed E-state index contributed by atoms with van der Waals surface area (Å²) in [5.41, 5.74) is 0.924. The summed E-state index contributed by atoms with van der Waals surface area (Å²) < 4.78 is 26.9. The highest BCUT2D eigenvalue weighted by atomic mass is 19.3. The van der Waals surface area contributed by atoms with Gasteiger partial charge in [0.1, 0.15) is 13.2 Å². The standard InChI is InChI=1S/C9H12F2N4O/c1-2-8-7(3-4-12)13-14-15(8)5-9(10,11)6-16/h16H,2-3,5-6H2,1H3. The predicted molar refractivity (Wildman–Crippen MR) is 50.7 cm³/mol. The van der Waals surface area contributed by atoms with E-state index in [1.165, 1.54) is 0 Å². The third-order valence-corrected chi connectivity index (χ3v) is 2.11. The van der Waals surface area contributed by atoms with E-state index in [9.17, 15) is 8.78 Å². The Morgan fingerprint density at radius 1 is 1.56 bits per heavy atom. The fourth-order valence-corrected chi connectivity index (χ4v) is 1.36. The maximum absolute atomic E-state index is 12.9. The molecule has 88 valence electrons. The molecule has 5 nitrogen and oxygen atoms in total. The second kappa shape index (κ2) is 4.99. The molecule has 0 atom stereocenters. The van der Waals surface area contributed by atoms with E-state index in [-0.39, 0.29) is 6.42 Å². The number of aliphatic hydroxyl groups excluding tert-OH is 1. The molecule has 0 spiro atoms. The van der Waals surface area contributed by atoms with Gasteiger partial charge in [0.15, 0.2) is 0 Å². The Morgan fingerprint density at radius 2 is 2.25 bits per heavy atom. The first kappa shape index (κ1) is 12.5. The van der Waals surface area contributed by atoms with Crippen molar-refractivity contribution in [1.82, 2.24) is 15.0 Å². The van der Waals surface area contributed by atoms with Crippen molar-refractivity contribution in [3.05, 3.63) is 11.4 Å². The number of hydrogen-bond acceptors (Lipinski definition) is 4. The van der Waals surface area contributed by atoms with E-state index in [1.807, 2.05) is 6.07 Å². The van der Waals surface area contributed by atoms with Crippen molar-refractivity contribution in [1.29, 1.82) is 5.26 Å². The van der Waals surface area contributed by atoms with Crippen molar-refractivity contribution in [3.63, 3.8) is 0 Å². The Morgan fingerprint density at radius 3 is 2.75 bits per heavy atom. The molecule has 1 rings (SSSR count). The summed E-state index contributed by atoms with van der Waals surface area (Å²) in [5.74, 6) is -3.22. The topological polar surface area (TPSA) is 74.7 Å². The van der Waals surface area contributed by atoms with Crippen LogP contribution in [0.4, 0.5) is 8.78 Å². The van der Waals surface area contributed by atoms with Crippen molar-refractivity contribution >= 4 is 0 Å². The van der Waals surface area contributed by atoms with E-state index in [2.05, 4.69) is 10.3 Å². The fraction of sp³-hybridized carbons (Fsp3) is 0.667. The number of aromatic nitrogens is 3. The molecule has 0 saturated heterocycles. The maximum Gasteiger partial charge on any atom is 0.289 e. The molecular weight excluding hydrogens is 218 g/mol. The number of halogens is 2. The average Bonchev–Trinajstić information content (AvgIpc) is 2.60. The summed E-state index contributed by atoms with van der Waals surface area (Å²) >= 11 is 0. The number of rotatable bonds is 5. The Kier molecular flexibility index (Phi) is 3.90. The normalized spacial score (nSPS) is 11.4. The van der Waals surface area contributed by atoms with Gasteiger partial charge in [0.05, 0.1) is 23.9 Å². The summed E-state index contributed by atoms with van der Waals surface area (Å²) in [6, 6.07) is 1.90. The molecule has 1 N–H and O–H groups in total. The lowest BCUT2D eigenvalue weighted by Crippen LogP contribution is -2.29. The average molecular weight is 230 g/mol. The molecule has 0 bridgehead atoms. The van der Waals surface area contributed by atoms with Gasteiger partial charge >= 0.3 is 0 Å². The highest BCUT2D eigenvalue weighted by Gasteiger charge is 2.30. The summed E-state index contributed by atoms with van der Waals surface area (Å²) in [6.07, 6.45) is 0.513. The van der Waals surface area contributed by atoms with Gasteiger partial charge in [-0.25, -0.2) is 13.5 Å². The van der Waals surface area contributed by atoms with Crippen molar-refractivity contribution in [2.75, 3.05) is 6.61 Å². The maximum atomic E-state index is 12.9. The minimum atomic E-state index is -3.22. The third kappa shape index (κ3) is 2.73. The lowest BCUT2D eigenvalue weighted by molar-refractivity contribution is -0.0660. The lowest BCUT2D eigenvalue weighted by Gasteiger charge is -2.14. The van der Waals surface area contributed by atoms with E-state index in [0.29, 0.717) is 17.8 Å². The van der Waals surface area contributed by atoms with Gasteiger partial charge in [-0.05, 0) is 6.42 Å². The molecule has 0 aliphatic heterocycles. The number of alkyl halides is 2. The zero-order valence-electron chi connectivity index (χ0n) is 8.82. The Bertz CT molecular complexity index is 397. The van der Waals surface area contributed by atoms with Gasteiger partial charge in [-0.15, -0.1) is 5.10 Å². The summed E-state index contributed by atoms with van der Waals surface area (Å²) in [5, 5.41) is 24.2. The van der Waals surface area contributed by atoms with Crippen molar-refractivity contribution in [2.24, 2.45) is 0 Å². The van der Waals surface area contributed by atoms with Crippen LogP contribution in [0.5, 0.6) is 0 Å². The third-order valence-electron chi connectivity index (χ3n) is 2.11. The van der Waals surface area contributed by atoms with Crippen molar-refractivity contribution in [2.45, 2.75) is 32.2 Å². The largest absolute Gasteiger partial charge is 0.390 e. The minimum absolute atomic E-state index is 0.0495. The summed E-state index contributed by atoms with van der Waals surface area (Å²) in [6.45, 7) is -0.179. The molecule has 0 aromatic carbocycles. The first-order valence-corrected chi connectivity index (χ1v) is 4.81. The zero-order chi connectivity index (χ0) is 12.2. The SMILES string of the molecule is CCc1c(CC#N)nnn1CC(F)(F)CO. The molecule has 16 heavy (non-hydrogen) atoms. The first-order valence-electron chi connectivity index (χ1n) is 4.81. The summed E-state index contributed by atoms with van der Waals surface area (Å²) in [7, 11) is 0. The molecule has 0 radical (unpaired) electrons. The van der Waals surface area contributed by atoms with Gasteiger partial charge in [0.2, 0.25) is 0 Å². The van der Waals surface area contributed by atoms with Crippen LogP contribution in [-0.2, 0) is 19.4 Å². The molecule has 0 unspecified atom stereocenters. The van der Waals surface area contributed by atoms with Gasteiger partial charge in [-0.1, -0.05) is 12.1 Å². The lowest BCUT2D eigenvalue weighted by atomic mass is 10.2. The number of nitrogens with zero attached hydrogens (tertiary/aromatic N) is 4. The monoisotopic (exact) mass is 230 g/mol. The van der Waals surface area contributed by atoms with Gasteiger partial charge in [-0.2, -0.15) is 5.26 Å². The van der Waals surface area contributed by atoms with Crippen molar-refractivity contribution in [3.8, 4) is 6.07 Å². The molecule has 0 aliphatic rings. The van der Waals surface area contributed by atoms with Gasteiger partial charge in [0.25, 0.3) is 5.92 Å². The smallest absolute Gasteiger partial charge is 0.289 e. The van der Waals surface area contributed by atoms with Crippen LogP contribution in [0.1, 0.15) is 18.3 Å². The second-order valence-electron chi connectivity index (χ2n) is 3.34. The predicted octanol–water partition coefficient (Wildman–Crippen LogP) is 0.534. The molecule has 0 aliphatic carbocycles. The van der Waals surface area contributed by atoms with Gasteiger partial charge < -0.3 is 5.11 Å². The molecule has 1 aromatic heterocycles. The van der Waals surface area contributed by atoms with Gasteiger partial charge in [0, 0.05) is 0 Å². The van der Waals surface area contributed by atoms with E-state index in [4.69, 9.17) is 10.4 Å². The van der Waals surface area contributed by atoms with Crippen LogP contribution in [0.2, 0.25) is 0 Å². The highest BCUT2D eigenvalue weighted by Crippen LogP contribution is 2.17. The Labute approximate surface area is 91.3 Å². The fourth-order valence-electron chi connectivity index (χ4n) is 1.36. The van der Waals surface area contributed by atoms with E-state index < -0.39 is 19.1 Å². The van der Waals surface area contributed by atoms with Crippen LogP contribution >= 0.6 is 0 Å². The van der Waals surface area contributed by atoms with E-state index >= 15 is 0 Å². The van der Waals surface area contributed by atoms with E-state index in [0.717, 1.165) is 4.68 Å². The Balaban J connectivity index is 2.93. The Hall–Kier alpha value is -1.55. The first-order chi connectivity index (χ1) is 7.54. The molecular formula is C9H12F2N4O. The van der Waals surface area contributed by atoms with Gasteiger partial charge in [-0.3, -0.25) is 0 Å². The molecule has 7 heteroatoms.